The summed E-state index contributed by atoms with van der Waals surface area (Å²) in [5.41, 5.74) is 4.12. The highest BCUT2D eigenvalue weighted by atomic mass is 16.5. The van der Waals surface area contributed by atoms with Crippen LogP contribution in [-0.2, 0) is 34.7 Å². The van der Waals surface area contributed by atoms with Gasteiger partial charge in [0.15, 0.2) is 11.5 Å². The number of aryl methyl sites for hydroxylation is 1. The first-order valence-corrected chi connectivity index (χ1v) is 21.2. The Bertz CT molecular complexity index is 2580. The lowest BCUT2D eigenvalue weighted by atomic mass is 9.98. The molecule has 16 heteroatoms. The van der Waals surface area contributed by atoms with Crippen LogP contribution in [0.5, 0.6) is 5.75 Å². The Morgan fingerprint density at radius 2 is 1.82 bits per heavy atom. The number of amides is 3. The first-order valence-electron chi connectivity index (χ1n) is 21.2. The van der Waals surface area contributed by atoms with E-state index in [0.717, 1.165) is 74.5 Å². The molecule has 2 atom stereocenters. The minimum Gasteiger partial charge on any atom is -0.493 e. The number of carbonyl (C=O) groups is 3. The fourth-order valence-corrected chi connectivity index (χ4v) is 9.04. The summed E-state index contributed by atoms with van der Waals surface area (Å²) < 4.78 is 9.40. The van der Waals surface area contributed by atoms with Gasteiger partial charge in [-0.1, -0.05) is 25.1 Å². The van der Waals surface area contributed by atoms with Crippen molar-refractivity contribution >= 4 is 46.1 Å². The third-order valence-electron chi connectivity index (χ3n) is 12.5. The average molecular weight is 827 g/mol. The van der Waals surface area contributed by atoms with Crippen molar-refractivity contribution in [2.45, 2.75) is 76.6 Å². The van der Waals surface area contributed by atoms with Crippen molar-refractivity contribution in [3.63, 3.8) is 0 Å². The molecule has 0 spiro atoms. The number of rotatable bonds is 14. The molecule has 2 aromatic carbocycles. The van der Waals surface area contributed by atoms with Crippen molar-refractivity contribution in [2.24, 2.45) is 0 Å². The van der Waals surface area contributed by atoms with E-state index in [9.17, 15) is 24.3 Å². The largest absolute Gasteiger partial charge is 0.493 e. The van der Waals surface area contributed by atoms with Crippen LogP contribution < -0.4 is 25.8 Å². The zero-order valence-electron chi connectivity index (χ0n) is 34.3. The molecule has 316 valence electrons. The quantitative estimate of drug-likeness (QED) is 0.0827. The van der Waals surface area contributed by atoms with Crippen LogP contribution in [0.2, 0.25) is 0 Å². The molecule has 2 saturated heterocycles. The van der Waals surface area contributed by atoms with Gasteiger partial charge in [0.1, 0.15) is 22.8 Å². The van der Waals surface area contributed by atoms with E-state index in [1.165, 1.54) is 10.9 Å². The summed E-state index contributed by atoms with van der Waals surface area (Å²) >= 11 is 0. The molecule has 0 radical (unpaired) electrons. The minimum absolute atomic E-state index is 0.202. The van der Waals surface area contributed by atoms with Gasteiger partial charge >= 0.3 is 0 Å². The number of piperazine rings is 1. The predicted molar refractivity (Wildman–Crippen MR) is 229 cm³/mol. The lowest BCUT2D eigenvalue weighted by Gasteiger charge is -2.36. The van der Waals surface area contributed by atoms with Crippen molar-refractivity contribution in [2.75, 3.05) is 49.5 Å². The fraction of sp³-hybridized carbons (Fsp3) is 0.400. The molecule has 3 N–H and O–H groups in total. The summed E-state index contributed by atoms with van der Waals surface area (Å²) in [7, 11) is 0. The number of unbranched alkanes of at least 4 members (excludes halogenated alkanes) is 1. The molecule has 5 aromatic rings. The van der Waals surface area contributed by atoms with Crippen LogP contribution in [0.4, 0.5) is 17.3 Å². The number of pyridine rings is 1. The van der Waals surface area contributed by atoms with Crippen LogP contribution in [0.25, 0.3) is 16.9 Å². The maximum absolute atomic E-state index is 13.5. The summed E-state index contributed by atoms with van der Waals surface area (Å²) in [6.07, 6.45) is 7.51. The number of hydrogen-bond donors (Lipinski definition) is 3. The average Bonchev–Trinajstić information content (AvgIpc) is 3.89. The Morgan fingerprint density at radius 1 is 1.00 bits per heavy atom. The number of anilines is 3. The zero-order chi connectivity index (χ0) is 42.3. The summed E-state index contributed by atoms with van der Waals surface area (Å²) in [6, 6.07) is 16.8. The van der Waals surface area contributed by atoms with E-state index in [2.05, 4.69) is 44.1 Å². The zero-order valence-corrected chi connectivity index (χ0v) is 34.3. The molecule has 3 aliphatic heterocycles. The number of nitrogens with zero attached hydrogens (tertiary/aromatic N) is 8. The number of benzene rings is 2. The van der Waals surface area contributed by atoms with Crippen molar-refractivity contribution in [1.82, 2.24) is 39.4 Å². The number of allylic oxidation sites excluding steroid dienone is 1. The second kappa shape index (κ2) is 16.6. The van der Waals surface area contributed by atoms with Crippen molar-refractivity contribution in [3.05, 3.63) is 106 Å². The number of carbonyl (C=O) groups excluding carboxylic acids is 3. The van der Waals surface area contributed by atoms with Gasteiger partial charge in [0.25, 0.3) is 11.5 Å². The number of imide groups is 1. The molecule has 9 rings (SSSR count). The van der Waals surface area contributed by atoms with Gasteiger partial charge in [-0.2, -0.15) is 4.98 Å². The van der Waals surface area contributed by atoms with Crippen LogP contribution >= 0.6 is 0 Å². The highest BCUT2D eigenvalue weighted by Gasteiger charge is 2.40. The number of aromatic nitrogens is 5. The Morgan fingerprint density at radius 3 is 2.59 bits per heavy atom. The first-order chi connectivity index (χ1) is 29.6. The van der Waals surface area contributed by atoms with Crippen LogP contribution in [-0.4, -0.2) is 102 Å². The van der Waals surface area contributed by atoms with Gasteiger partial charge in [-0.25, -0.2) is 19.3 Å². The van der Waals surface area contributed by atoms with Gasteiger partial charge in [-0.15, -0.1) is 6.58 Å². The van der Waals surface area contributed by atoms with Crippen LogP contribution in [0.1, 0.15) is 72.6 Å². The Kier molecular flexibility index (Phi) is 10.9. The van der Waals surface area contributed by atoms with Crippen LogP contribution in [0.3, 0.4) is 0 Å². The molecule has 1 unspecified atom stereocenters. The smallest absolute Gasteiger partial charge is 0.278 e. The van der Waals surface area contributed by atoms with E-state index < -0.39 is 17.6 Å². The summed E-state index contributed by atoms with van der Waals surface area (Å²) in [6.45, 7) is 11.5. The summed E-state index contributed by atoms with van der Waals surface area (Å²) in [5.74, 6) is 0.587. The molecule has 61 heavy (non-hydrogen) atoms. The highest BCUT2D eigenvalue weighted by molar-refractivity contribution is 6.05. The number of hydrogen-bond acceptors (Lipinski definition) is 12. The van der Waals surface area contributed by atoms with Gasteiger partial charge in [0, 0.05) is 61.3 Å². The standard InChI is InChI=1S/C45H50N10O6/c1-3-20-54-43(59)33-27-46-44(50-40(33)55(54)37-16-10-29-18-19-45(60,4-2)39(29)48-37)47-30-11-13-31(14-12-30)52-24-22-51(23-25-52)21-5-6-26-61-36-9-7-8-32-34(36)28-53(42(32)58)35-15-17-38(56)49-41(35)57/h3,7-14,16,27,35,60H,1,4-6,15,17-26,28H2,2H3,(H,46,47,50)(H,49,56,57)/t35?,45-/m1/s1. The van der Waals surface area contributed by atoms with Crippen LogP contribution in [0.15, 0.2) is 78.2 Å². The number of piperidine rings is 1. The molecular formula is C45H50N10O6. The first kappa shape index (κ1) is 40.0. The molecule has 0 bridgehead atoms. The third-order valence-corrected chi connectivity index (χ3v) is 12.5. The van der Waals surface area contributed by atoms with Crippen molar-refractivity contribution < 1.29 is 24.2 Å². The highest BCUT2D eigenvalue weighted by Crippen LogP contribution is 2.39. The van der Waals surface area contributed by atoms with E-state index in [-0.39, 0.29) is 30.3 Å². The lowest BCUT2D eigenvalue weighted by Crippen LogP contribution is -2.52. The third kappa shape index (κ3) is 7.65. The number of ether oxygens (including phenoxy) is 1. The fourth-order valence-electron chi connectivity index (χ4n) is 9.04. The predicted octanol–water partition coefficient (Wildman–Crippen LogP) is 4.19. The molecule has 2 fully saturated rings. The summed E-state index contributed by atoms with van der Waals surface area (Å²) in [4.78, 5) is 71.3. The molecule has 3 aromatic heterocycles. The van der Waals surface area contributed by atoms with Crippen LogP contribution in [0, 0.1) is 0 Å². The maximum atomic E-state index is 13.5. The van der Waals surface area contributed by atoms with Gasteiger partial charge < -0.3 is 25.0 Å². The molecule has 1 aliphatic carbocycles. The van der Waals surface area contributed by atoms with Crippen molar-refractivity contribution in [3.8, 4) is 11.6 Å². The number of fused-ring (bicyclic) bond motifs is 3. The molecule has 3 amide bonds. The monoisotopic (exact) mass is 826 g/mol. The van der Waals surface area contributed by atoms with Crippen molar-refractivity contribution in [1.29, 1.82) is 0 Å². The summed E-state index contributed by atoms with van der Waals surface area (Å²) in [5, 5.41) is 17.3. The minimum atomic E-state index is -0.999. The Labute approximate surface area is 352 Å². The van der Waals surface area contributed by atoms with E-state index in [4.69, 9.17) is 14.7 Å². The van der Waals surface area contributed by atoms with E-state index in [1.54, 1.807) is 21.7 Å². The van der Waals surface area contributed by atoms with E-state index in [0.29, 0.717) is 72.2 Å². The van der Waals surface area contributed by atoms with Gasteiger partial charge in [0.05, 0.1) is 25.4 Å². The second-order valence-corrected chi connectivity index (χ2v) is 16.2. The Hall–Kier alpha value is -6.39. The molecule has 0 saturated carbocycles. The Balaban J connectivity index is 0.772. The van der Waals surface area contributed by atoms with Gasteiger partial charge in [-0.3, -0.25) is 29.4 Å². The second-order valence-electron chi connectivity index (χ2n) is 16.2. The molecule has 16 nitrogen and oxygen atoms in total. The molecular weight excluding hydrogens is 777 g/mol. The topological polar surface area (TPSA) is 180 Å². The lowest BCUT2D eigenvalue weighted by molar-refractivity contribution is -0.136. The van der Waals surface area contributed by atoms with Gasteiger partial charge in [0.2, 0.25) is 17.8 Å². The number of aliphatic hydroxyl groups is 1. The van der Waals surface area contributed by atoms with E-state index in [1.807, 2.05) is 43.3 Å². The maximum Gasteiger partial charge on any atom is 0.278 e. The SMILES string of the molecule is C=CCn1c(=O)c2cnc(Nc3ccc(N4CCN(CCCCOc5cccc6c5CN(C5CCC(=O)NC5=O)C6=O)CC4)cc3)nc2n1-c1ccc2c(n1)[C@@](O)(CC)CC2. The van der Waals surface area contributed by atoms with E-state index >= 15 is 0 Å². The normalized spacial score (nSPS) is 20.2. The number of nitrogens with one attached hydrogen (secondary N) is 2. The molecule has 4 aliphatic rings. The van der Waals surface area contributed by atoms with Gasteiger partial charge in [-0.05, 0) is 93.1 Å². The molecule has 6 heterocycles.